The zero-order valence-corrected chi connectivity index (χ0v) is 12.8. The van der Waals surface area contributed by atoms with Gasteiger partial charge in [0, 0.05) is 23.2 Å². The molecular formula is C17H24N2O. The number of nitrogens with zero attached hydrogens (tertiary/aromatic N) is 2. The van der Waals surface area contributed by atoms with Crippen molar-refractivity contribution in [1.29, 1.82) is 0 Å². The number of aliphatic hydroxyl groups is 1. The average Bonchev–Trinajstić information content (AvgIpc) is 2.44. The second-order valence-electron chi connectivity index (χ2n) is 5.32. The normalized spacial score (nSPS) is 13.1. The summed E-state index contributed by atoms with van der Waals surface area (Å²) in [5.74, 6) is 0. The minimum absolute atomic E-state index is 0.493. The topological polar surface area (TPSA) is 36.4 Å². The molecule has 3 nitrogen and oxygen atoms in total. The van der Waals surface area contributed by atoms with Crippen molar-refractivity contribution in [2.24, 2.45) is 0 Å². The number of aliphatic hydroxyl groups excluding tert-OH is 1. The predicted octanol–water partition coefficient (Wildman–Crippen LogP) is 3.23. The lowest BCUT2D eigenvalue weighted by Crippen LogP contribution is -2.28. The van der Waals surface area contributed by atoms with Gasteiger partial charge in [-0.2, -0.15) is 0 Å². The summed E-state index contributed by atoms with van der Waals surface area (Å²) in [6, 6.07) is 8.20. The van der Waals surface area contributed by atoms with Gasteiger partial charge in [0.15, 0.2) is 0 Å². The quantitative estimate of drug-likeness (QED) is 0.908. The number of pyridine rings is 1. The largest absolute Gasteiger partial charge is 0.387 e. The van der Waals surface area contributed by atoms with Gasteiger partial charge in [0.2, 0.25) is 0 Å². The second-order valence-corrected chi connectivity index (χ2v) is 5.32. The van der Waals surface area contributed by atoms with Crippen molar-refractivity contribution in [2.45, 2.75) is 33.8 Å². The van der Waals surface area contributed by atoms with Crippen molar-refractivity contribution in [2.75, 3.05) is 19.6 Å². The van der Waals surface area contributed by atoms with Crippen LogP contribution in [0.15, 0.2) is 24.3 Å². The van der Waals surface area contributed by atoms with Crippen LogP contribution in [0.4, 0.5) is 0 Å². The maximum atomic E-state index is 10.6. The Labute approximate surface area is 121 Å². The number of hydrogen-bond acceptors (Lipinski definition) is 3. The third-order valence-corrected chi connectivity index (χ3v) is 3.93. The first-order chi connectivity index (χ1) is 9.56. The first-order valence-corrected chi connectivity index (χ1v) is 7.34. The molecule has 0 saturated heterocycles. The molecular weight excluding hydrogens is 248 g/mol. The highest BCUT2D eigenvalue weighted by atomic mass is 16.3. The fourth-order valence-corrected chi connectivity index (χ4v) is 2.57. The standard InChI is InChI=1S/C17H24N2O/c1-5-19(6-2)11-16(20)15-9-7-12(3)14-10-8-13(4)18-17(14)15/h7-10,16,20H,5-6,11H2,1-4H3. The summed E-state index contributed by atoms with van der Waals surface area (Å²) in [5.41, 5.74) is 4.05. The van der Waals surface area contributed by atoms with Crippen LogP contribution < -0.4 is 0 Å². The van der Waals surface area contributed by atoms with E-state index >= 15 is 0 Å². The van der Waals surface area contributed by atoms with E-state index in [4.69, 9.17) is 0 Å². The predicted molar refractivity (Wildman–Crippen MR) is 84.0 cm³/mol. The van der Waals surface area contributed by atoms with Crippen molar-refractivity contribution in [3.05, 3.63) is 41.1 Å². The molecule has 0 aliphatic carbocycles. The van der Waals surface area contributed by atoms with Gasteiger partial charge in [0.1, 0.15) is 0 Å². The molecule has 0 saturated carbocycles. The number of rotatable bonds is 5. The highest BCUT2D eigenvalue weighted by molar-refractivity contribution is 5.85. The molecule has 3 heteroatoms. The van der Waals surface area contributed by atoms with Crippen LogP contribution in [0.25, 0.3) is 10.9 Å². The molecule has 0 spiro atoms. The molecule has 0 aliphatic heterocycles. The van der Waals surface area contributed by atoms with E-state index in [1.807, 2.05) is 19.1 Å². The van der Waals surface area contributed by atoms with E-state index in [-0.39, 0.29) is 0 Å². The van der Waals surface area contributed by atoms with E-state index in [9.17, 15) is 5.11 Å². The minimum Gasteiger partial charge on any atom is -0.387 e. The fraction of sp³-hybridized carbons (Fsp3) is 0.471. The SMILES string of the molecule is CCN(CC)CC(O)c1ccc(C)c2ccc(C)nc12. The number of benzene rings is 1. The summed E-state index contributed by atoms with van der Waals surface area (Å²) >= 11 is 0. The molecule has 108 valence electrons. The molecule has 0 fully saturated rings. The van der Waals surface area contributed by atoms with Crippen molar-refractivity contribution in [3.8, 4) is 0 Å². The molecule has 1 N–H and O–H groups in total. The number of likely N-dealkylation sites (N-methyl/N-ethyl adjacent to an activating group) is 1. The lowest BCUT2D eigenvalue weighted by Gasteiger charge is -2.23. The summed E-state index contributed by atoms with van der Waals surface area (Å²) in [6.07, 6.45) is -0.493. The van der Waals surface area contributed by atoms with Gasteiger partial charge < -0.3 is 10.0 Å². The minimum atomic E-state index is -0.493. The molecule has 0 aliphatic rings. The highest BCUT2D eigenvalue weighted by Gasteiger charge is 2.16. The van der Waals surface area contributed by atoms with Crippen molar-refractivity contribution < 1.29 is 5.11 Å². The summed E-state index contributed by atoms with van der Waals surface area (Å²) < 4.78 is 0. The molecule has 2 rings (SSSR count). The number of hydrogen-bond donors (Lipinski definition) is 1. The third kappa shape index (κ3) is 3.00. The Morgan fingerprint density at radius 1 is 1.10 bits per heavy atom. The van der Waals surface area contributed by atoms with Gasteiger partial charge in [0.05, 0.1) is 11.6 Å². The van der Waals surface area contributed by atoms with Gasteiger partial charge in [-0.15, -0.1) is 0 Å². The van der Waals surface area contributed by atoms with Gasteiger partial charge in [-0.1, -0.05) is 32.0 Å². The smallest absolute Gasteiger partial charge is 0.0937 e. The summed E-state index contributed by atoms with van der Waals surface area (Å²) in [6.45, 7) is 10.9. The van der Waals surface area contributed by atoms with Gasteiger partial charge in [-0.05, 0) is 38.6 Å². The second kappa shape index (κ2) is 6.33. The average molecular weight is 272 g/mol. The van der Waals surface area contributed by atoms with Crippen LogP contribution in [0.5, 0.6) is 0 Å². The Kier molecular flexibility index (Phi) is 4.73. The van der Waals surface area contributed by atoms with Crippen molar-refractivity contribution >= 4 is 10.9 Å². The number of aromatic nitrogens is 1. The van der Waals surface area contributed by atoms with Crippen LogP contribution in [0.3, 0.4) is 0 Å². The van der Waals surface area contributed by atoms with E-state index in [0.717, 1.165) is 35.2 Å². The molecule has 1 aromatic heterocycles. The van der Waals surface area contributed by atoms with Gasteiger partial charge in [-0.3, -0.25) is 4.98 Å². The molecule has 0 radical (unpaired) electrons. The Bertz CT molecular complexity index is 591. The van der Waals surface area contributed by atoms with Crippen LogP contribution >= 0.6 is 0 Å². The van der Waals surface area contributed by atoms with Crippen molar-refractivity contribution in [3.63, 3.8) is 0 Å². The maximum Gasteiger partial charge on any atom is 0.0937 e. The molecule has 0 amide bonds. The molecule has 1 unspecified atom stereocenters. The van der Waals surface area contributed by atoms with E-state index in [1.165, 1.54) is 5.56 Å². The Balaban J connectivity index is 2.43. The summed E-state index contributed by atoms with van der Waals surface area (Å²) in [4.78, 5) is 6.87. The summed E-state index contributed by atoms with van der Waals surface area (Å²) in [5, 5.41) is 11.7. The lowest BCUT2D eigenvalue weighted by molar-refractivity contribution is 0.120. The summed E-state index contributed by atoms with van der Waals surface area (Å²) in [7, 11) is 0. The first kappa shape index (κ1) is 14.9. The fourth-order valence-electron chi connectivity index (χ4n) is 2.57. The third-order valence-electron chi connectivity index (χ3n) is 3.93. The van der Waals surface area contributed by atoms with Crippen molar-refractivity contribution in [1.82, 2.24) is 9.88 Å². The van der Waals surface area contributed by atoms with Crippen LogP contribution in [-0.2, 0) is 0 Å². The Morgan fingerprint density at radius 2 is 1.80 bits per heavy atom. The number of aryl methyl sites for hydroxylation is 2. The lowest BCUT2D eigenvalue weighted by atomic mass is 10.0. The zero-order chi connectivity index (χ0) is 14.7. The monoisotopic (exact) mass is 272 g/mol. The van der Waals surface area contributed by atoms with E-state index < -0.39 is 6.10 Å². The van der Waals surface area contributed by atoms with E-state index in [0.29, 0.717) is 6.54 Å². The highest BCUT2D eigenvalue weighted by Crippen LogP contribution is 2.26. The molecule has 1 heterocycles. The van der Waals surface area contributed by atoms with E-state index in [1.54, 1.807) is 0 Å². The molecule has 0 bridgehead atoms. The molecule has 20 heavy (non-hydrogen) atoms. The molecule has 1 aromatic carbocycles. The number of fused-ring (bicyclic) bond motifs is 1. The molecule has 2 aromatic rings. The Hall–Kier alpha value is -1.45. The van der Waals surface area contributed by atoms with Crippen LogP contribution in [-0.4, -0.2) is 34.6 Å². The maximum absolute atomic E-state index is 10.6. The Morgan fingerprint density at radius 3 is 2.45 bits per heavy atom. The van der Waals surface area contributed by atoms with Crippen LogP contribution in [0, 0.1) is 13.8 Å². The zero-order valence-electron chi connectivity index (χ0n) is 12.8. The molecule has 1 atom stereocenters. The van der Waals surface area contributed by atoms with Crippen LogP contribution in [0.2, 0.25) is 0 Å². The van der Waals surface area contributed by atoms with E-state index in [2.05, 4.69) is 42.8 Å². The van der Waals surface area contributed by atoms with Gasteiger partial charge >= 0.3 is 0 Å². The van der Waals surface area contributed by atoms with Gasteiger partial charge in [0.25, 0.3) is 0 Å². The van der Waals surface area contributed by atoms with Crippen LogP contribution in [0.1, 0.15) is 36.8 Å². The van der Waals surface area contributed by atoms with Gasteiger partial charge in [-0.25, -0.2) is 0 Å². The first-order valence-electron chi connectivity index (χ1n) is 7.34.